The number of aryl methyl sites for hydroxylation is 1. The van der Waals surface area contributed by atoms with Crippen LogP contribution in [-0.4, -0.2) is 25.8 Å². The fourth-order valence-electron chi connectivity index (χ4n) is 3.81. The molecule has 0 saturated heterocycles. The monoisotopic (exact) mass is 325 g/mol. The summed E-state index contributed by atoms with van der Waals surface area (Å²) in [6, 6.07) is 2.42. The van der Waals surface area contributed by atoms with Crippen LogP contribution in [-0.2, 0) is 19.9 Å². The van der Waals surface area contributed by atoms with Gasteiger partial charge in [-0.2, -0.15) is 5.10 Å². The van der Waals surface area contributed by atoms with Crippen LogP contribution in [0.4, 0.5) is 0 Å². The molecule has 0 amide bonds. The zero-order valence-electron chi connectivity index (χ0n) is 14.5. The smallest absolute Gasteiger partial charge is 0.129 e. The minimum Gasteiger partial charge on any atom is -0.328 e. The van der Waals surface area contributed by atoms with Gasteiger partial charge < -0.3 is 5.73 Å². The van der Waals surface area contributed by atoms with Crippen LogP contribution < -0.4 is 5.73 Å². The molecule has 5 nitrogen and oxygen atoms in total. The van der Waals surface area contributed by atoms with Crippen LogP contribution in [0.25, 0.3) is 11.3 Å². The third-order valence-corrected chi connectivity index (χ3v) is 5.58. The Morgan fingerprint density at radius 3 is 2.54 bits per heavy atom. The normalized spacial score (nSPS) is 24.2. The molecule has 0 unspecified atom stereocenters. The Labute approximate surface area is 143 Å². The average Bonchev–Trinajstić information content (AvgIpc) is 3.33. The summed E-state index contributed by atoms with van der Waals surface area (Å²) in [5, 5.41) is 4.47. The predicted octanol–water partition coefficient (Wildman–Crippen LogP) is 2.89. The summed E-state index contributed by atoms with van der Waals surface area (Å²) in [6.45, 7) is 0. The van der Waals surface area contributed by atoms with Crippen LogP contribution in [0.5, 0.6) is 0 Å². The van der Waals surface area contributed by atoms with Gasteiger partial charge >= 0.3 is 0 Å². The van der Waals surface area contributed by atoms with Gasteiger partial charge in [-0.3, -0.25) is 4.68 Å². The van der Waals surface area contributed by atoms with Crippen LogP contribution in [0.2, 0.25) is 0 Å². The van der Waals surface area contributed by atoms with E-state index in [1.807, 2.05) is 30.2 Å². The van der Waals surface area contributed by atoms with Crippen molar-refractivity contribution in [2.24, 2.45) is 24.6 Å². The van der Waals surface area contributed by atoms with E-state index >= 15 is 0 Å². The maximum Gasteiger partial charge on any atom is 0.129 e. The SMILES string of the molecule is Cn1ncc(-c2ccnc(CC3CCC(N)CC3)n2)c1CC1CC1. The molecule has 2 fully saturated rings. The minimum atomic E-state index is 0.397. The van der Waals surface area contributed by atoms with E-state index in [4.69, 9.17) is 10.7 Å². The molecular weight excluding hydrogens is 298 g/mol. The fourth-order valence-corrected chi connectivity index (χ4v) is 3.81. The summed E-state index contributed by atoms with van der Waals surface area (Å²) in [5.41, 5.74) is 9.53. The molecule has 2 aromatic rings. The Morgan fingerprint density at radius 1 is 1.08 bits per heavy atom. The van der Waals surface area contributed by atoms with E-state index in [1.165, 1.54) is 36.9 Å². The highest BCUT2D eigenvalue weighted by Crippen LogP contribution is 2.35. The number of hydrogen-bond donors (Lipinski definition) is 1. The summed E-state index contributed by atoms with van der Waals surface area (Å²) >= 11 is 0. The molecule has 128 valence electrons. The van der Waals surface area contributed by atoms with Crippen molar-refractivity contribution in [3.05, 3.63) is 30.0 Å². The highest BCUT2D eigenvalue weighted by Gasteiger charge is 2.25. The van der Waals surface area contributed by atoms with Crippen LogP contribution in [0.15, 0.2) is 18.5 Å². The maximum atomic E-state index is 6.01. The molecule has 0 atom stereocenters. The summed E-state index contributed by atoms with van der Waals surface area (Å²) in [7, 11) is 2.04. The molecule has 0 spiro atoms. The Kier molecular flexibility index (Phi) is 4.35. The van der Waals surface area contributed by atoms with E-state index in [9.17, 15) is 0 Å². The molecule has 24 heavy (non-hydrogen) atoms. The lowest BCUT2D eigenvalue weighted by molar-refractivity contribution is 0.321. The Hall–Kier alpha value is -1.75. The second-order valence-corrected chi connectivity index (χ2v) is 7.62. The molecule has 4 rings (SSSR count). The first-order chi connectivity index (χ1) is 11.7. The van der Waals surface area contributed by atoms with Crippen molar-refractivity contribution >= 4 is 0 Å². The lowest BCUT2D eigenvalue weighted by atomic mass is 9.84. The van der Waals surface area contributed by atoms with Crippen LogP contribution in [0.1, 0.15) is 50.0 Å². The number of nitrogens with two attached hydrogens (primary N) is 1. The van der Waals surface area contributed by atoms with E-state index in [-0.39, 0.29) is 0 Å². The third kappa shape index (κ3) is 3.51. The van der Waals surface area contributed by atoms with Gasteiger partial charge in [-0.25, -0.2) is 9.97 Å². The Morgan fingerprint density at radius 2 is 1.79 bits per heavy atom. The lowest BCUT2D eigenvalue weighted by Gasteiger charge is -2.25. The van der Waals surface area contributed by atoms with Gasteiger partial charge in [0.05, 0.1) is 11.9 Å². The van der Waals surface area contributed by atoms with Gasteiger partial charge in [-0.1, -0.05) is 0 Å². The largest absolute Gasteiger partial charge is 0.328 e. The van der Waals surface area contributed by atoms with Gasteiger partial charge in [-0.15, -0.1) is 0 Å². The van der Waals surface area contributed by atoms with Crippen LogP contribution in [0, 0.1) is 11.8 Å². The number of hydrogen-bond acceptors (Lipinski definition) is 4. The molecule has 2 N–H and O–H groups in total. The highest BCUT2D eigenvalue weighted by molar-refractivity contribution is 5.61. The van der Waals surface area contributed by atoms with E-state index in [2.05, 4.69) is 10.1 Å². The van der Waals surface area contributed by atoms with Gasteiger partial charge in [0, 0.05) is 37.0 Å². The summed E-state index contributed by atoms with van der Waals surface area (Å²) in [4.78, 5) is 9.38. The first kappa shape index (κ1) is 15.8. The standard InChI is InChI=1S/C19H27N5/c1-24-18(10-13-2-3-13)16(12-22-24)17-8-9-21-19(23-17)11-14-4-6-15(20)7-5-14/h8-9,12-15H,2-7,10-11,20H2,1H3. The fraction of sp³-hybridized carbons (Fsp3) is 0.632. The molecule has 2 aliphatic carbocycles. The van der Waals surface area contributed by atoms with Crippen molar-refractivity contribution in [3.63, 3.8) is 0 Å². The van der Waals surface area contributed by atoms with Crippen molar-refractivity contribution in [2.75, 3.05) is 0 Å². The molecule has 2 heterocycles. The number of nitrogens with zero attached hydrogens (tertiary/aromatic N) is 4. The maximum absolute atomic E-state index is 6.01. The van der Waals surface area contributed by atoms with E-state index in [0.717, 1.165) is 43.1 Å². The van der Waals surface area contributed by atoms with Gasteiger partial charge in [0.2, 0.25) is 0 Å². The molecule has 2 aromatic heterocycles. The predicted molar refractivity (Wildman–Crippen MR) is 94.3 cm³/mol. The second kappa shape index (κ2) is 6.63. The second-order valence-electron chi connectivity index (χ2n) is 7.62. The summed E-state index contributed by atoms with van der Waals surface area (Å²) < 4.78 is 2.01. The van der Waals surface area contributed by atoms with E-state index in [0.29, 0.717) is 12.0 Å². The molecule has 2 saturated carbocycles. The summed E-state index contributed by atoms with van der Waals surface area (Å²) in [5.74, 6) is 2.49. The molecule has 2 aliphatic rings. The van der Waals surface area contributed by atoms with Crippen molar-refractivity contribution in [1.29, 1.82) is 0 Å². The molecule has 0 radical (unpaired) electrons. The summed E-state index contributed by atoms with van der Waals surface area (Å²) in [6.07, 6.45) is 13.3. The molecule has 0 aliphatic heterocycles. The van der Waals surface area contributed by atoms with Crippen molar-refractivity contribution in [1.82, 2.24) is 19.7 Å². The van der Waals surface area contributed by atoms with Crippen molar-refractivity contribution < 1.29 is 0 Å². The number of rotatable bonds is 5. The molecule has 0 bridgehead atoms. The zero-order valence-corrected chi connectivity index (χ0v) is 14.5. The van der Waals surface area contributed by atoms with Gasteiger partial charge in [-0.05, 0) is 62.8 Å². The lowest BCUT2D eigenvalue weighted by Crippen LogP contribution is -2.27. The first-order valence-corrected chi connectivity index (χ1v) is 9.28. The zero-order chi connectivity index (χ0) is 16.5. The quantitative estimate of drug-likeness (QED) is 0.917. The molecular formula is C19H27N5. The van der Waals surface area contributed by atoms with E-state index in [1.54, 1.807) is 0 Å². The third-order valence-electron chi connectivity index (χ3n) is 5.58. The van der Waals surface area contributed by atoms with Crippen LogP contribution in [0.3, 0.4) is 0 Å². The van der Waals surface area contributed by atoms with Crippen molar-refractivity contribution in [2.45, 2.75) is 57.4 Å². The molecule has 5 heteroatoms. The molecule has 0 aromatic carbocycles. The Bertz CT molecular complexity index is 696. The Balaban J connectivity index is 1.52. The highest BCUT2D eigenvalue weighted by atomic mass is 15.3. The van der Waals surface area contributed by atoms with Crippen molar-refractivity contribution in [3.8, 4) is 11.3 Å². The average molecular weight is 325 g/mol. The topological polar surface area (TPSA) is 69.6 Å². The van der Waals surface area contributed by atoms with Crippen LogP contribution >= 0.6 is 0 Å². The van der Waals surface area contributed by atoms with Gasteiger partial charge in [0.1, 0.15) is 5.82 Å². The van der Waals surface area contributed by atoms with Gasteiger partial charge in [0.15, 0.2) is 0 Å². The number of aromatic nitrogens is 4. The minimum absolute atomic E-state index is 0.397. The van der Waals surface area contributed by atoms with Gasteiger partial charge in [0.25, 0.3) is 0 Å². The van der Waals surface area contributed by atoms with E-state index < -0.39 is 0 Å². The first-order valence-electron chi connectivity index (χ1n) is 9.28.